The molecule has 0 amide bonds. The molecule has 0 N–H and O–H groups in total. The summed E-state index contributed by atoms with van der Waals surface area (Å²) in [6.45, 7) is 11.4. The van der Waals surface area contributed by atoms with Gasteiger partial charge in [-0.25, -0.2) is 0 Å². The summed E-state index contributed by atoms with van der Waals surface area (Å²) in [5.74, 6) is 0.619. The van der Waals surface area contributed by atoms with Crippen molar-refractivity contribution in [1.29, 1.82) is 0 Å². The second-order valence-electron chi connectivity index (χ2n) is 6.50. The van der Waals surface area contributed by atoms with Gasteiger partial charge in [-0.1, -0.05) is 52.8 Å². The average molecular weight is 229 g/mol. The van der Waals surface area contributed by atoms with E-state index in [1.54, 1.807) is 0 Å². The first-order valence-electron chi connectivity index (χ1n) is 6.49. The number of allylic oxidation sites excluding steroid dienone is 5. The van der Waals surface area contributed by atoms with Gasteiger partial charge in [-0.2, -0.15) is 0 Å². The topological polar surface area (TPSA) is 12.4 Å². The molecular formula is C16H23N. The lowest BCUT2D eigenvalue weighted by Gasteiger charge is -2.34. The normalized spacial score (nSPS) is 30.7. The van der Waals surface area contributed by atoms with Gasteiger partial charge in [0.05, 0.1) is 5.70 Å². The van der Waals surface area contributed by atoms with E-state index in [9.17, 15) is 0 Å². The van der Waals surface area contributed by atoms with E-state index in [1.807, 2.05) is 0 Å². The molecule has 0 spiro atoms. The Bertz CT molecular complexity index is 432. The van der Waals surface area contributed by atoms with Crippen LogP contribution in [0.2, 0.25) is 0 Å². The maximum atomic E-state index is 4.67. The third-order valence-corrected chi connectivity index (χ3v) is 4.04. The largest absolute Gasteiger partial charge is 0.260 e. The molecular weight excluding hydrogens is 206 g/mol. The molecule has 0 saturated heterocycles. The van der Waals surface area contributed by atoms with Crippen molar-refractivity contribution >= 4 is 6.21 Å². The zero-order valence-corrected chi connectivity index (χ0v) is 11.6. The van der Waals surface area contributed by atoms with Crippen LogP contribution in [0.3, 0.4) is 0 Å². The molecule has 17 heavy (non-hydrogen) atoms. The van der Waals surface area contributed by atoms with E-state index < -0.39 is 0 Å². The lowest BCUT2D eigenvalue weighted by molar-refractivity contribution is 0.329. The molecule has 1 heterocycles. The fourth-order valence-corrected chi connectivity index (χ4v) is 2.36. The fraction of sp³-hybridized carbons (Fsp3) is 0.562. The van der Waals surface area contributed by atoms with Crippen LogP contribution in [-0.4, -0.2) is 6.21 Å². The smallest absolute Gasteiger partial charge is 0.0655 e. The van der Waals surface area contributed by atoms with Crippen molar-refractivity contribution in [2.75, 3.05) is 0 Å². The Morgan fingerprint density at radius 1 is 1.24 bits per heavy atom. The molecule has 0 aromatic carbocycles. The van der Waals surface area contributed by atoms with Crippen molar-refractivity contribution in [3.63, 3.8) is 0 Å². The Balaban J connectivity index is 2.42. The van der Waals surface area contributed by atoms with Crippen molar-refractivity contribution in [2.24, 2.45) is 21.7 Å². The van der Waals surface area contributed by atoms with Gasteiger partial charge in [-0.15, -0.1) is 0 Å². The number of aliphatic imine (C=N–C) groups is 1. The summed E-state index contributed by atoms with van der Waals surface area (Å²) in [4.78, 5) is 4.67. The van der Waals surface area contributed by atoms with Crippen molar-refractivity contribution in [3.8, 4) is 0 Å². The zero-order valence-electron chi connectivity index (χ0n) is 11.6. The molecule has 1 aliphatic heterocycles. The van der Waals surface area contributed by atoms with Gasteiger partial charge in [-0.3, -0.25) is 4.99 Å². The van der Waals surface area contributed by atoms with Crippen molar-refractivity contribution in [1.82, 2.24) is 0 Å². The second-order valence-corrected chi connectivity index (χ2v) is 6.50. The summed E-state index contributed by atoms with van der Waals surface area (Å²) >= 11 is 0. The number of rotatable bonds is 1. The van der Waals surface area contributed by atoms with Crippen LogP contribution in [0.25, 0.3) is 0 Å². The van der Waals surface area contributed by atoms with Gasteiger partial charge >= 0.3 is 0 Å². The van der Waals surface area contributed by atoms with E-state index >= 15 is 0 Å². The first-order valence-corrected chi connectivity index (χ1v) is 6.49. The first-order chi connectivity index (χ1) is 7.82. The number of hydrogen-bond donors (Lipinski definition) is 0. The summed E-state index contributed by atoms with van der Waals surface area (Å²) in [5, 5.41) is 0. The molecule has 1 unspecified atom stereocenters. The number of hydrogen-bond acceptors (Lipinski definition) is 1. The Labute approximate surface area is 105 Å². The Kier molecular flexibility index (Phi) is 2.89. The molecule has 0 aromatic heterocycles. The molecule has 0 aromatic rings. The standard InChI is InChI=1S/C16H23N/c1-12(2)16(5)10-13-9-15(3,4)8-6-7-14(13)17-11-16/h6-9,11-12H,10H2,1-5H3. The van der Waals surface area contributed by atoms with Gasteiger partial charge in [0.15, 0.2) is 0 Å². The minimum Gasteiger partial charge on any atom is -0.260 e. The number of nitrogens with zero attached hydrogens (tertiary/aromatic N) is 1. The summed E-state index contributed by atoms with van der Waals surface area (Å²) in [5.41, 5.74) is 2.88. The molecule has 0 fully saturated rings. The molecule has 0 saturated carbocycles. The van der Waals surface area contributed by atoms with E-state index in [2.05, 4.69) is 70.1 Å². The average Bonchev–Trinajstić information content (AvgIpc) is 2.34. The monoisotopic (exact) mass is 229 g/mol. The molecule has 2 aliphatic rings. The summed E-state index contributed by atoms with van der Waals surface area (Å²) in [7, 11) is 0. The zero-order chi connectivity index (χ0) is 12.7. The molecule has 1 aliphatic carbocycles. The van der Waals surface area contributed by atoms with Crippen LogP contribution < -0.4 is 0 Å². The van der Waals surface area contributed by atoms with Crippen LogP contribution in [0.4, 0.5) is 0 Å². The molecule has 92 valence electrons. The third kappa shape index (κ3) is 2.43. The SMILES string of the molecule is CC(C)C1(C)C=NC2=CC=CC(C)(C)C=C2C1. The van der Waals surface area contributed by atoms with Crippen molar-refractivity contribution in [3.05, 3.63) is 35.6 Å². The molecule has 0 bridgehead atoms. The van der Waals surface area contributed by atoms with E-state index in [4.69, 9.17) is 0 Å². The van der Waals surface area contributed by atoms with Gasteiger partial charge in [0.25, 0.3) is 0 Å². The number of fused-ring (bicyclic) bond motifs is 1. The fourth-order valence-electron chi connectivity index (χ4n) is 2.36. The molecule has 1 nitrogen and oxygen atoms in total. The Hall–Kier alpha value is -1.11. The van der Waals surface area contributed by atoms with Gasteiger partial charge in [-0.05, 0) is 24.0 Å². The van der Waals surface area contributed by atoms with E-state index in [0.717, 1.165) is 12.1 Å². The molecule has 2 rings (SSSR count). The Morgan fingerprint density at radius 2 is 1.94 bits per heavy atom. The van der Waals surface area contributed by atoms with Gasteiger partial charge in [0.1, 0.15) is 0 Å². The van der Waals surface area contributed by atoms with Gasteiger partial charge < -0.3 is 0 Å². The van der Waals surface area contributed by atoms with Crippen LogP contribution in [-0.2, 0) is 0 Å². The van der Waals surface area contributed by atoms with Crippen LogP contribution in [0.1, 0.15) is 41.0 Å². The highest BCUT2D eigenvalue weighted by molar-refractivity contribution is 5.72. The maximum absolute atomic E-state index is 4.67. The highest BCUT2D eigenvalue weighted by Gasteiger charge is 2.32. The lowest BCUT2D eigenvalue weighted by Crippen LogP contribution is -2.29. The summed E-state index contributed by atoms with van der Waals surface area (Å²) in [6, 6.07) is 0. The maximum Gasteiger partial charge on any atom is 0.0655 e. The van der Waals surface area contributed by atoms with Crippen LogP contribution >= 0.6 is 0 Å². The molecule has 1 heteroatoms. The van der Waals surface area contributed by atoms with Gasteiger partial charge in [0, 0.05) is 17.0 Å². The second kappa shape index (κ2) is 3.97. The van der Waals surface area contributed by atoms with Crippen molar-refractivity contribution < 1.29 is 0 Å². The van der Waals surface area contributed by atoms with E-state index in [0.29, 0.717) is 5.92 Å². The van der Waals surface area contributed by atoms with Crippen molar-refractivity contribution in [2.45, 2.75) is 41.0 Å². The molecule has 0 radical (unpaired) electrons. The molecule has 1 atom stereocenters. The highest BCUT2D eigenvalue weighted by Crippen LogP contribution is 2.41. The summed E-state index contributed by atoms with van der Waals surface area (Å²) in [6.07, 6.45) is 12.1. The quantitative estimate of drug-likeness (QED) is 0.626. The predicted molar refractivity (Wildman–Crippen MR) is 75.1 cm³/mol. The third-order valence-electron chi connectivity index (χ3n) is 4.04. The first kappa shape index (κ1) is 12.3. The minimum atomic E-state index is 0.137. The predicted octanol–water partition coefficient (Wildman–Crippen LogP) is 4.53. The van der Waals surface area contributed by atoms with E-state index in [1.165, 1.54) is 5.57 Å². The van der Waals surface area contributed by atoms with Crippen LogP contribution in [0, 0.1) is 16.7 Å². The minimum absolute atomic E-state index is 0.137. The highest BCUT2D eigenvalue weighted by atomic mass is 14.8. The van der Waals surface area contributed by atoms with Crippen LogP contribution in [0.5, 0.6) is 0 Å². The van der Waals surface area contributed by atoms with Crippen LogP contribution in [0.15, 0.2) is 40.6 Å². The van der Waals surface area contributed by atoms with Gasteiger partial charge in [0.2, 0.25) is 0 Å². The Morgan fingerprint density at radius 3 is 2.59 bits per heavy atom. The lowest BCUT2D eigenvalue weighted by atomic mass is 9.72. The van der Waals surface area contributed by atoms with E-state index in [-0.39, 0.29) is 10.8 Å². The summed E-state index contributed by atoms with van der Waals surface area (Å²) < 4.78 is 0.